The van der Waals surface area contributed by atoms with Crippen molar-refractivity contribution in [2.45, 2.75) is 6.04 Å². The SMILES string of the molecule is CN=C(N)N(C)C(CN)c1c(Cl)cccc1Cl. The minimum atomic E-state index is -0.195. The van der Waals surface area contributed by atoms with Crippen LogP contribution in [0.1, 0.15) is 11.6 Å². The second-order valence-electron chi connectivity index (χ2n) is 3.58. The zero-order valence-corrected chi connectivity index (χ0v) is 11.3. The summed E-state index contributed by atoms with van der Waals surface area (Å²) in [7, 11) is 3.42. The molecule has 1 aromatic carbocycles. The Hall–Kier alpha value is -0.970. The second kappa shape index (κ2) is 6.10. The maximum Gasteiger partial charge on any atom is 0.191 e. The third kappa shape index (κ3) is 3.03. The molecule has 0 spiro atoms. The number of rotatable bonds is 3. The number of nitrogens with zero attached hydrogens (tertiary/aromatic N) is 2. The first kappa shape index (κ1) is 14.1. The van der Waals surface area contributed by atoms with Crippen molar-refractivity contribution >= 4 is 29.2 Å². The number of hydrogen-bond donors (Lipinski definition) is 2. The molecule has 0 aliphatic rings. The molecule has 0 aliphatic heterocycles. The molecule has 17 heavy (non-hydrogen) atoms. The fraction of sp³-hybridized carbons (Fsp3) is 0.364. The number of likely N-dealkylation sites (N-methyl/N-ethyl adjacent to an activating group) is 1. The second-order valence-corrected chi connectivity index (χ2v) is 4.39. The molecule has 1 atom stereocenters. The van der Waals surface area contributed by atoms with Gasteiger partial charge in [-0.15, -0.1) is 0 Å². The molecular weight excluding hydrogens is 259 g/mol. The van der Waals surface area contributed by atoms with E-state index >= 15 is 0 Å². The van der Waals surface area contributed by atoms with E-state index in [1.54, 1.807) is 37.2 Å². The van der Waals surface area contributed by atoms with Crippen LogP contribution in [0.15, 0.2) is 23.2 Å². The molecule has 4 nitrogen and oxygen atoms in total. The number of halogens is 2. The van der Waals surface area contributed by atoms with E-state index in [2.05, 4.69) is 4.99 Å². The van der Waals surface area contributed by atoms with Crippen molar-refractivity contribution in [2.75, 3.05) is 20.6 Å². The number of benzene rings is 1. The third-order valence-electron chi connectivity index (χ3n) is 2.61. The van der Waals surface area contributed by atoms with Crippen molar-refractivity contribution in [1.82, 2.24) is 4.90 Å². The molecule has 0 saturated heterocycles. The van der Waals surface area contributed by atoms with Crippen molar-refractivity contribution in [3.63, 3.8) is 0 Å². The molecule has 1 rings (SSSR count). The Morgan fingerprint density at radius 2 is 1.94 bits per heavy atom. The van der Waals surface area contributed by atoms with Gasteiger partial charge in [-0.25, -0.2) is 0 Å². The normalized spacial score (nSPS) is 13.6. The highest BCUT2D eigenvalue weighted by molar-refractivity contribution is 6.36. The van der Waals surface area contributed by atoms with Crippen LogP contribution in [0.3, 0.4) is 0 Å². The number of aliphatic imine (C=N–C) groups is 1. The molecule has 94 valence electrons. The van der Waals surface area contributed by atoms with E-state index in [9.17, 15) is 0 Å². The van der Waals surface area contributed by atoms with E-state index in [0.717, 1.165) is 5.56 Å². The molecule has 6 heteroatoms. The first-order valence-corrected chi connectivity index (χ1v) is 5.87. The summed E-state index contributed by atoms with van der Waals surface area (Å²) in [6.07, 6.45) is 0. The molecule has 0 heterocycles. The first-order valence-electron chi connectivity index (χ1n) is 5.12. The summed E-state index contributed by atoms with van der Waals surface area (Å²) >= 11 is 12.3. The monoisotopic (exact) mass is 274 g/mol. The molecule has 0 saturated carbocycles. The van der Waals surface area contributed by atoms with E-state index in [-0.39, 0.29) is 6.04 Å². The smallest absolute Gasteiger partial charge is 0.191 e. The topological polar surface area (TPSA) is 67.6 Å². The van der Waals surface area contributed by atoms with Crippen LogP contribution >= 0.6 is 23.2 Å². The average molecular weight is 275 g/mol. The lowest BCUT2D eigenvalue weighted by molar-refractivity contribution is 0.378. The highest BCUT2D eigenvalue weighted by Crippen LogP contribution is 2.32. The molecule has 0 radical (unpaired) electrons. The molecule has 1 unspecified atom stereocenters. The van der Waals surface area contributed by atoms with E-state index in [1.165, 1.54) is 0 Å². The van der Waals surface area contributed by atoms with Gasteiger partial charge < -0.3 is 16.4 Å². The van der Waals surface area contributed by atoms with Gasteiger partial charge >= 0.3 is 0 Å². The molecule has 0 amide bonds. The lowest BCUT2D eigenvalue weighted by Crippen LogP contribution is -2.40. The Bertz CT molecular complexity index is 400. The maximum absolute atomic E-state index is 6.15. The Kier molecular flexibility index (Phi) is 5.05. The van der Waals surface area contributed by atoms with Crippen LogP contribution in [0.4, 0.5) is 0 Å². The van der Waals surface area contributed by atoms with Crippen LogP contribution in [0, 0.1) is 0 Å². The minimum Gasteiger partial charge on any atom is -0.370 e. The predicted molar refractivity (Wildman–Crippen MR) is 73.6 cm³/mol. The first-order chi connectivity index (χ1) is 8.02. The summed E-state index contributed by atoms with van der Waals surface area (Å²) in [5.41, 5.74) is 12.3. The summed E-state index contributed by atoms with van der Waals surface area (Å²) in [5, 5.41) is 1.15. The lowest BCUT2D eigenvalue weighted by Gasteiger charge is -2.29. The Morgan fingerprint density at radius 3 is 2.35 bits per heavy atom. The van der Waals surface area contributed by atoms with Gasteiger partial charge in [-0.3, -0.25) is 4.99 Å². The summed E-state index contributed by atoms with van der Waals surface area (Å²) in [6.45, 7) is 0.343. The molecule has 0 fully saturated rings. The van der Waals surface area contributed by atoms with Gasteiger partial charge in [-0.1, -0.05) is 29.3 Å². The Morgan fingerprint density at radius 1 is 1.41 bits per heavy atom. The van der Waals surface area contributed by atoms with Crippen LogP contribution < -0.4 is 11.5 Å². The van der Waals surface area contributed by atoms with Gasteiger partial charge in [0.1, 0.15) is 0 Å². The summed E-state index contributed by atoms with van der Waals surface area (Å²) in [5.74, 6) is 0.386. The van der Waals surface area contributed by atoms with Gasteiger partial charge in [0, 0.05) is 36.2 Å². The number of hydrogen-bond acceptors (Lipinski definition) is 2. The molecule has 0 aliphatic carbocycles. The van der Waals surface area contributed by atoms with Crippen LogP contribution in [0.25, 0.3) is 0 Å². The molecule has 4 N–H and O–H groups in total. The number of nitrogens with two attached hydrogens (primary N) is 2. The molecule has 0 aromatic heterocycles. The Labute approximate surface area is 111 Å². The predicted octanol–water partition coefficient (Wildman–Crippen LogP) is 1.87. The van der Waals surface area contributed by atoms with E-state index in [1.807, 2.05) is 0 Å². The average Bonchev–Trinajstić information content (AvgIpc) is 2.32. The molecular formula is C11H16Cl2N4. The van der Waals surface area contributed by atoms with E-state index < -0.39 is 0 Å². The summed E-state index contributed by atoms with van der Waals surface area (Å²) in [6, 6.07) is 5.15. The van der Waals surface area contributed by atoms with Crippen LogP contribution in [-0.2, 0) is 0 Å². The van der Waals surface area contributed by atoms with Crippen molar-refractivity contribution in [3.8, 4) is 0 Å². The zero-order chi connectivity index (χ0) is 13.0. The quantitative estimate of drug-likeness (QED) is 0.653. The highest BCUT2D eigenvalue weighted by atomic mass is 35.5. The Balaban J connectivity index is 3.18. The lowest BCUT2D eigenvalue weighted by atomic mass is 10.1. The van der Waals surface area contributed by atoms with Crippen LogP contribution in [-0.4, -0.2) is 31.5 Å². The third-order valence-corrected chi connectivity index (χ3v) is 3.27. The van der Waals surface area contributed by atoms with Gasteiger partial charge in [-0.05, 0) is 12.1 Å². The fourth-order valence-corrected chi connectivity index (χ4v) is 2.27. The maximum atomic E-state index is 6.15. The fourth-order valence-electron chi connectivity index (χ4n) is 1.62. The zero-order valence-electron chi connectivity index (χ0n) is 9.82. The molecule has 1 aromatic rings. The van der Waals surface area contributed by atoms with Crippen molar-refractivity contribution < 1.29 is 0 Å². The largest absolute Gasteiger partial charge is 0.370 e. The van der Waals surface area contributed by atoms with Crippen LogP contribution in [0.2, 0.25) is 10.0 Å². The van der Waals surface area contributed by atoms with Crippen molar-refractivity contribution in [3.05, 3.63) is 33.8 Å². The van der Waals surface area contributed by atoms with Gasteiger partial charge in [0.15, 0.2) is 5.96 Å². The van der Waals surface area contributed by atoms with Gasteiger partial charge in [0.25, 0.3) is 0 Å². The minimum absolute atomic E-state index is 0.195. The summed E-state index contributed by atoms with van der Waals surface area (Å²) < 4.78 is 0. The van der Waals surface area contributed by atoms with Gasteiger partial charge in [0.05, 0.1) is 6.04 Å². The van der Waals surface area contributed by atoms with Gasteiger partial charge in [-0.2, -0.15) is 0 Å². The molecule has 0 bridgehead atoms. The van der Waals surface area contributed by atoms with Crippen molar-refractivity contribution in [2.24, 2.45) is 16.5 Å². The van der Waals surface area contributed by atoms with Gasteiger partial charge in [0.2, 0.25) is 0 Å². The van der Waals surface area contributed by atoms with Crippen molar-refractivity contribution in [1.29, 1.82) is 0 Å². The van der Waals surface area contributed by atoms with E-state index in [0.29, 0.717) is 22.5 Å². The number of guanidine groups is 1. The highest BCUT2D eigenvalue weighted by Gasteiger charge is 2.22. The van der Waals surface area contributed by atoms with E-state index in [4.69, 9.17) is 34.7 Å². The van der Waals surface area contributed by atoms with Crippen LogP contribution in [0.5, 0.6) is 0 Å². The summed E-state index contributed by atoms with van der Waals surface area (Å²) in [4.78, 5) is 5.68. The standard InChI is InChI=1S/C11H16Cl2N4/c1-16-11(15)17(2)9(6-14)10-7(12)4-3-5-8(10)13/h3-5,9H,6,14H2,1-2H3,(H2,15,16).